The third kappa shape index (κ3) is 4.62. The molecule has 0 aromatic heterocycles. The average Bonchev–Trinajstić information content (AvgIpc) is 2.27. The van der Waals surface area contributed by atoms with Gasteiger partial charge in [0.15, 0.2) is 0 Å². The Morgan fingerprint density at radius 2 is 2.00 bits per heavy atom. The molecule has 0 heterocycles. The normalized spacial score (nSPS) is 12.8. The molecule has 0 bridgehead atoms. The molecule has 0 aliphatic heterocycles. The summed E-state index contributed by atoms with van der Waals surface area (Å²) < 4.78 is 7.05. The smallest absolute Gasteiger partial charge is 0.125 e. The number of aryl methyl sites for hydroxylation is 1. The van der Waals surface area contributed by atoms with E-state index < -0.39 is 0 Å². The second kappa shape index (κ2) is 7.15. The molecular weight excluding hydrogens is 290 g/mol. The van der Waals surface area contributed by atoms with Gasteiger partial charge in [-0.3, -0.25) is 0 Å². The van der Waals surface area contributed by atoms with E-state index in [-0.39, 0.29) is 6.04 Å². The van der Waals surface area contributed by atoms with Crippen LogP contribution in [0.15, 0.2) is 16.6 Å². The number of nitrogens with two attached hydrogens (primary N) is 1. The quantitative estimate of drug-likeness (QED) is 0.859. The molecule has 0 fully saturated rings. The summed E-state index contributed by atoms with van der Waals surface area (Å²) in [6, 6.07) is 4.41. The molecule has 0 radical (unpaired) electrons. The Hall–Kier alpha value is -0.540. The Bertz CT molecular complexity index is 390. The molecule has 0 saturated heterocycles. The van der Waals surface area contributed by atoms with Gasteiger partial charge in [-0.15, -0.1) is 0 Å². The summed E-state index contributed by atoms with van der Waals surface area (Å²) in [6.45, 7) is 9.26. The monoisotopic (exact) mass is 313 g/mol. The summed E-state index contributed by atoms with van der Waals surface area (Å²) in [4.78, 5) is 0. The fraction of sp³-hybridized carbons (Fsp3) is 0.600. The summed E-state index contributed by atoms with van der Waals surface area (Å²) in [5.74, 6) is 1.54. The zero-order chi connectivity index (χ0) is 13.7. The molecule has 1 atom stereocenters. The largest absolute Gasteiger partial charge is 0.493 e. The third-order valence-corrected chi connectivity index (χ3v) is 3.34. The van der Waals surface area contributed by atoms with Gasteiger partial charge in [0.25, 0.3) is 0 Å². The van der Waals surface area contributed by atoms with Gasteiger partial charge < -0.3 is 10.5 Å². The van der Waals surface area contributed by atoms with Crippen LogP contribution in [-0.2, 0) is 6.42 Å². The van der Waals surface area contributed by atoms with E-state index in [1.165, 1.54) is 11.1 Å². The van der Waals surface area contributed by atoms with E-state index in [0.717, 1.165) is 29.7 Å². The molecule has 1 aromatic rings. The van der Waals surface area contributed by atoms with E-state index in [4.69, 9.17) is 10.5 Å². The Morgan fingerprint density at radius 1 is 1.33 bits per heavy atom. The minimum atomic E-state index is 0.195. The van der Waals surface area contributed by atoms with Crippen LogP contribution in [0.3, 0.4) is 0 Å². The van der Waals surface area contributed by atoms with Crippen LogP contribution in [-0.4, -0.2) is 12.6 Å². The fourth-order valence-corrected chi connectivity index (χ4v) is 2.45. The summed E-state index contributed by atoms with van der Waals surface area (Å²) in [6.07, 6.45) is 1.85. The second-order valence-corrected chi connectivity index (χ2v) is 6.20. The third-order valence-electron chi connectivity index (χ3n) is 2.88. The summed E-state index contributed by atoms with van der Waals surface area (Å²) >= 11 is 3.54. The van der Waals surface area contributed by atoms with Gasteiger partial charge in [-0.25, -0.2) is 0 Å². The van der Waals surface area contributed by atoms with Crippen LogP contribution < -0.4 is 10.5 Å². The number of halogens is 1. The van der Waals surface area contributed by atoms with Crippen molar-refractivity contribution in [2.45, 2.75) is 46.6 Å². The number of hydrogen-bond donors (Lipinski definition) is 1. The topological polar surface area (TPSA) is 35.2 Å². The molecule has 0 aliphatic rings. The van der Waals surface area contributed by atoms with E-state index >= 15 is 0 Å². The molecule has 1 aromatic carbocycles. The molecule has 0 spiro atoms. The lowest BCUT2D eigenvalue weighted by Crippen LogP contribution is -2.22. The van der Waals surface area contributed by atoms with E-state index in [1.807, 2.05) is 0 Å². The fourth-order valence-electron chi connectivity index (χ4n) is 1.83. The first kappa shape index (κ1) is 15.5. The van der Waals surface area contributed by atoms with Crippen molar-refractivity contribution in [1.82, 2.24) is 0 Å². The van der Waals surface area contributed by atoms with Gasteiger partial charge >= 0.3 is 0 Å². The molecule has 2 nitrogen and oxygen atoms in total. The Labute approximate surface area is 119 Å². The maximum absolute atomic E-state index is 6.06. The number of ether oxygens (including phenoxy) is 1. The van der Waals surface area contributed by atoms with Crippen molar-refractivity contribution in [3.05, 3.63) is 27.7 Å². The molecule has 102 valence electrons. The maximum Gasteiger partial charge on any atom is 0.125 e. The number of benzene rings is 1. The molecule has 1 rings (SSSR count). The summed E-state index contributed by atoms with van der Waals surface area (Å²) in [7, 11) is 0. The minimum absolute atomic E-state index is 0.195. The SMILES string of the molecule is CCC(N)Cc1cc(Br)cc(C)c1OCC(C)C. The maximum atomic E-state index is 6.06. The van der Waals surface area contributed by atoms with Crippen molar-refractivity contribution in [2.75, 3.05) is 6.61 Å². The van der Waals surface area contributed by atoms with Gasteiger partial charge in [-0.1, -0.05) is 36.7 Å². The van der Waals surface area contributed by atoms with Crippen molar-refractivity contribution in [3.8, 4) is 5.75 Å². The van der Waals surface area contributed by atoms with Gasteiger partial charge in [0.1, 0.15) is 5.75 Å². The first-order valence-electron chi connectivity index (χ1n) is 6.61. The molecule has 0 amide bonds. The average molecular weight is 314 g/mol. The number of rotatable bonds is 6. The molecular formula is C15H24BrNO. The van der Waals surface area contributed by atoms with E-state index in [9.17, 15) is 0 Å². The molecule has 0 saturated carbocycles. The van der Waals surface area contributed by atoms with E-state index in [2.05, 4.69) is 55.8 Å². The van der Waals surface area contributed by atoms with Crippen LogP contribution in [0, 0.1) is 12.8 Å². The van der Waals surface area contributed by atoms with Crippen LogP contribution in [0.1, 0.15) is 38.3 Å². The van der Waals surface area contributed by atoms with Crippen molar-refractivity contribution in [1.29, 1.82) is 0 Å². The lowest BCUT2D eigenvalue weighted by atomic mass is 10.0. The lowest BCUT2D eigenvalue weighted by Gasteiger charge is -2.18. The van der Waals surface area contributed by atoms with E-state index in [0.29, 0.717) is 5.92 Å². The molecule has 3 heteroatoms. The predicted octanol–water partition coefficient (Wildman–Crippen LogP) is 4.07. The lowest BCUT2D eigenvalue weighted by molar-refractivity contribution is 0.266. The van der Waals surface area contributed by atoms with Crippen LogP contribution in [0.4, 0.5) is 0 Å². The highest BCUT2D eigenvalue weighted by Gasteiger charge is 2.12. The summed E-state index contributed by atoms with van der Waals surface area (Å²) in [5.41, 5.74) is 8.43. The Balaban J connectivity index is 2.96. The first-order valence-corrected chi connectivity index (χ1v) is 7.40. The zero-order valence-electron chi connectivity index (χ0n) is 11.8. The van der Waals surface area contributed by atoms with Crippen LogP contribution in [0.25, 0.3) is 0 Å². The molecule has 18 heavy (non-hydrogen) atoms. The Morgan fingerprint density at radius 3 is 2.56 bits per heavy atom. The molecule has 2 N–H and O–H groups in total. The van der Waals surface area contributed by atoms with Gasteiger partial charge in [0.2, 0.25) is 0 Å². The Kier molecular flexibility index (Phi) is 6.16. The van der Waals surface area contributed by atoms with Crippen LogP contribution >= 0.6 is 15.9 Å². The highest BCUT2D eigenvalue weighted by molar-refractivity contribution is 9.10. The van der Waals surface area contributed by atoms with Crippen molar-refractivity contribution < 1.29 is 4.74 Å². The van der Waals surface area contributed by atoms with E-state index in [1.54, 1.807) is 0 Å². The van der Waals surface area contributed by atoms with Gasteiger partial charge in [0.05, 0.1) is 6.61 Å². The van der Waals surface area contributed by atoms with Crippen molar-refractivity contribution in [2.24, 2.45) is 11.7 Å². The van der Waals surface area contributed by atoms with Crippen LogP contribution in [0.5, 0.6) is 5.75 Å². The number of hydrogen-bond acceptors (Lipinski definition) is 2. The van der Waals surface area contributed by atoms with Crippen LogP contribution in [0.2, 0.25) is 0 Å². The highest BCUT2D eigenvalue weighted by Crippen LogP contribution is 2.29. The molecule has 1 unspecified atom stereocenters. The first-order chi connectivity index (χ1) is 8.43. The van der Waals surface area contributed by atoms with Gasteiger partial charge in [-0.2, -0.15) is 0 Å². The predicted molar refractivity (Wildman–Crippen MR) is 81.2 cm³/mol. The second-order valence-electron chi connectivity index (χ2n) is 5.29. The standard InChI is InChI=1S/C15H24BrNO/c1-5-14(17)8-12-7-13(16)6-11(4)15(12)18-9-10(2)3/h6-7,10,14H,5,8-9,17H2,1-4H3. The van der Waals surface area contributed by atoms with Gasteiger partial charge in [-0.05, 0) is 48.9 Å². The van der Waals surface area contributed by atoms with Crippen molar-refractivity contribution >= 4 is 15.9 Å². The highest BCUT2D eigenvalue weighted by atomic mass is 79.9. The molecule has 0 aliphatic carbocycles. The zero-order valence-corrected chi connectivity index (χ0v) is 13.4. The van der Waals surface area contributed by atoms with Gasteiger partial charge in [0, 0.05) is 10.5 Å². The minimum Gasteiger partial charge on any atom is -0.493 e. The summed E-state index contributed by atoms with van der Waals surface area (Å²) in [5, 5.41) is 0. The van der Waals surface area contributed by atoms with Crippen molar-refractivity contribution in [3.63, 3.8) is 0 Å².